The molecular formula is C16H17ClF2N2O3. The molecule has 1 saturated heterocycles. The number of primary amides is 1. The monoisotopic (exact) mass is 358 g/mol. The largest absolute Gasteiger partial charge is 0.434 e. The van der Waals surface area contributed by atoms with E-state index in [4.69, 9.17) is 22.1 Å². The van der Waals surface area contributed by atoms with Gasteiger partial charge in [0, 0.05) is 17.9 Å². The van der Waals surface area contributed by atoms with Crippen LogP contribution in [0.25, 0.3) is 0 Å². The molecule has 3 rings (SSSR count). The van der Waals surface area contributed by atoms with Crippen molar-refractivity contribution in [2.75, 3.05) is 6.54 Å². The maximum Gasteiger partial charge on any atom is 0.411 e. The standard InChI is InChI=1S/C16H17ClF2N2O3/c17-11-3-1-9(2-4-11)13(10-5-6-16(18,19)7-10)21-8-12(14(20)22)24-15(21)23/h1-4,10,12-13H,5-8H2,(H2,20,22)/t10-,12?,13+/m0/s1. The second kappa shape index (κ2) is 6.20. The maximum absolute atomic E-state index is 13.7. The van der Waals surface area contributed by atoms with Crippen LogP contribution in [0.2, 0.25) is 5.02 Å². The summed E-state index contributed by atoms with van der Waals surface area (Å²) >= 11 is 5.89. The minimum absolute atomic E-state index is 0.0382. The van der Waals surface area contributed by atoms with E-state index in [1.165, 1.54) is 4.90 Å². The van der Waals surface area contributed by atoms with Crippen LogP contribution in [-0.4, -0.2) is 35.5 Å². The molecule has 1 aromatic carbocycles. The minimum Gasteiger partial charge on any atom is -0.434 e. The summed E-state index contributed by atoms with van der Waals surface area (Å²) in [5, 5.41) is 0.508. The molecule has 1 aliphatic carbocycles. The van der Waals surface area contributed by atoms with Gasteiger partial charge in [0.05, 0.1) is 12.6 Å². The zero-order valence-electron chi connectivity index (χ0n) is 12.8. The summed E-state index contributed by atoms with van der Waals surface area (Å²) in [7, 11) is 0. The molecular weight excluding hydrogens is 342 g/mol. The third-order valence-corrected chi connectivity index (χ3v) is 4.84. The van der Waals surface area contributed by atoms with Crippen LogP contribution in [0.5, 0.6) is 0 Å². The van der Waals surface area contributed by atoms with Crippen LogP contribution < -0.4 is 5.73 Å². The fraction of sp³-hybridized carbons (Fsp3) is 0.500. The SMILES string of the molecule is NC(=O)C1CN([C@H](c2ccc(Cl)cc2)[C@H]2CCC(F)(F)C2)C(=O)O1. The highest BCUT2D eigenvalue weighted by Crippen LogP contribution is 2.47. The van der Waals surface area contributed by atoms with E-state index in [1.54, 1.807) is 24.3 Å². The van der Waals surface area contributed by atoms with Gasteiger partial charge in [-0.2, -0.15) is 0 Å². The van der Waals surface area contributed by atoms with Gasteiger partial charge in [0.1, 0.15) is 0 Å². The third-order valence-electron chi connectivity index (χ3n) is 4.59. The number of ether oxygens (including phenoxy) is 1. The van der Waals surface area contributed by atoms with Gasteiger partial charge in [-0.1, -0.05) is 23.7 Å². The zero-order valence-corrected chi connectivity index (χ0v) is 13.5. The van der Waals surface area contributed by atoms with Gasteiger partial charge in [0.25, 0.3) is 5.91 Å². The van der Waals surface area contributed by atoms with Crippen LogP contribution >= 0.6 is 11.6 Å². The number of hydrogen-bond donors (Lipinski definition) is 1. The van der Waals surface area contributed by atoms with Gasteiger partial charge in [0.15, 0.2) is 6.10 Å². The number of alkyl halides is 2. The number of carbonyl (C=O) groups is 2. The first-order valence-corrected chi connectivity index (χ1v) is 8.04. The molecule has 1 unspecified atom stereocenters. The van der Waals surface area contributed by atoms with Crippen molar-refractivity contribution in [1.82, 2.24) is 4.90 Å². The summed E-state index contributed by atoms with van der Waals surface area (Å²) < 4.78 is 32.4. The van der Waals surface area contributed by atoms with Crippen LogP contribution in [0.3, 0.4) is 0 Å². The van der Waals surface area contributed by atoms with Crippen molar-refractivity contribution < 1.29 is 23.1 Å². The summed E-state index contributed by atoms with van der Waals surface area (Å²) in [5.41, 5.74) is 5.88. The van der Waals surface area contributed by atoms with Crippen LogP contribution in [0, 0.1) is 5.92 Å². The van der Waals surface area contributed by atoms with Crippen molar-refractivity contribution in [3.05, 3.63) is 34.9 Å². The first-order chi connectivity index (χ1) is 11.3. The van der Waals surface area contributed by atoms with Gasteiger partial charge >= 0.3 is 6.09 Å². The summed E-state index contributed by atoms with van der Waals surface area (Å²) in [6, 6.07) is 6.09. The number of nitrogens with two attached hydrogens (primary N) is 1. The number of cyclic esters (lactones) is 1. The van der Waals surface area contributed by atoms with Gasteiger partial charge < -0.3 is 10.5 Å². The predicted octanol–water partition coefficient (Wildman–Crippen LogP) is 3.12. The fourth-order valence-electron chi connectivity index (χ4n) is 3.48. The lowest BCUT2D eigenvalue weighted by Gasteiger charge is -2.31. The zero-order chi connectivity index (χ0) is 17.5. The maximum atomic E-state index is 13.7. The Morgan fingerprint density at radius 1 is 1.38 bits per heavy atom. The van der Waals surface area contributed by atoms with Crippen LogP contribution in [0.1, 0.15) is 30.9 Å². The van der Waals surface area contributed by atoms with Crippen LogP contribution in [0.4, 0.5) is 13.6 Å². The third kappa shape index (κ3) is 3.31. The predicted molar refractivity (Wildman–Crippen MR) is 82.7 cm³/mol. The Morgan fingerprint density at radius 2 is 2.04 bits per heavy atom. The van der Waals surface area contributed by atoms with E-state index in [0.29, 0.717) is 10.6 Å². The molecule has 2 amide bonds. The number of amides is 2. The van der Waals surface area contributed by atoms with Gasteiger partial charge in [-0.3, -0.25) is 9.69 Å². The summed E-state index contributed by atoms with van der Waals surface area (Å²) in [4.78, 5) is 24.8. The van der Waals surface area contributed by atoms with Crippen LogP contribution in [-0.2, 0) is 9.53 Å². The molecule has 2 N–H and O–H groups in total. The van der Waals surface area contributed by atoms with Gasteiger partial charge in [0.2, 0.25) is 5.92 Å². The molecule has 24 heavy (non-hydrogen) atoms. The van der Waals surface area contributed by atoms with Gasteiger partial charge in [-0.15, -0.1) is 0 Å². The summed E-state index contributed by atoms with van der Waals surface area (Å²) in [5.74, 6) is -3.93. The molecule has 1 heterocycles. The molecule has 1 aromatic rings. The highest BCUT2D eigenvalue weighted by Gasteiger charge is 2.48. The lowest BCUT2D eigenvalue weighted by Crippen LogP contribution is -2.37. The van der Waals surface area contributed by atoms with Crippen molar-refractivity contribution in [3.8, 4) is 0 Å². The van der Waals surface area contributed by atoms with E-state index >= 15 is 0 Å². The molecule has 5 nitrogen and oxygen atoms in total. The van der Waals surface area contributed by atoms with E-state index in [1.807, 2.05) is 0 Å². The first kappa shape index (κ1) is 17.0. The average molecular weight is 359 g/mol. The molecule has 8 heteroatoms. The van der Waals surface area contributed by atoms with Crippen molar-refractivity contribution in [2.45, 2.75) is 37.3 Å². The van der Waals surface area contributed by atoms with E-state index in [2.05, 4.69) is 0 Å². The number of benzene rings is 1. The van der Waals surface area contributed by atoms with E-state index in [-0.39, 0.29) is 25.8 Å². The Bertz CT molecular complexity index is 653. The molecule has 2 aliphatic rings. The molecule has 0 spiro atoms. The van der Waals surface area contributed by atoms with Crippen molar-refractivity contribution in [1.29, 1.82) is 0 Å². The van der Waals surface area contributed by atoms with Crippen molar-refractivity contribution >= 4 is 23.6 Å². The molecule has 1 aliphatic heterocycles. The minimum atomic E-state index is -2.75. The number of halogens is 3. The molecule has 130 valence electrons. The second-order valence-corrected chi connectivity index (χ2v) is 6.72. The normalized spacial score (nSPS) is 27.1. The molecule has 0 aromatic heterocycles. The number of rotatable bonds is 4. The van der Waals surface area contributed by atoms with Gasteiger partial charge in [-0.05, 0) is 30.0 Å². The number of hydrogen-bond acceptors (Lipinski definition) is 3. The molecule has 0 radical (unpaired) electrons. The molecule has 0 bridgehead atoms. The quantitative estimate of drug-likeness (QED) is 0.898. The Balaban J connectivity index is 1.92. The van der Waals surface area contributed by atoms with E-state index in [0.717, 1.165) is 0 Å². The molecule has 3 atom stereocenters. The summed E-state index contributed by atoms with van der Waals surface area (Å²) in [6.07, 6.45) is -2.02. The fourth-order valence-corrected chi connectivity index (χ4v) is 3.60. The number of nitrogens with zero attached hydrogens (tertiary/aromatic N) is 1. The topological polar surface area (TPSA) is 72.6 Å². The second-order valence-electron chi connectivity index (χ2n) is 6.28. The lowest BCUT2D eigenvalue weighted by molar-refractivity contribution is -0.124. The highest BCUT2D eigenvalue weighted by atomic mass is 35.5. The van der Waals surface area contributed by atoms with Crippen LogP contribution in [0.15, 0.2) is 24.3 Å². The van der Waals surface area contributed by atoms with Gasteiger partial charge in [-0.25, -0.2) is 13.6 Å². The Labute approximate surface area is 142 Å². The Morgan fingerprint density at radius 3 is 2.54 bits per heavy atom. The van der Waals surface area contributed by atoms with Crippen molar-refractivity contribution in [3.63, 3.8) is 0 Å². The summed E-state index contributed by atoms with van der Waals surface area (Å²) in [6.45, 7) is -0.0382. The Hall–Kier alpha value is -1.89. The van der Waals surface area contributed by atoms with E-state index in [9.17, 15) is 18.4 Å². The highest BCUT2D eigenvalue weighted by molar-refractivity contribution is 6.30. The number of carbonyl (C=O) groups excluding carboxylic acids is 2. The molecule has 2 fully saturated rings. The first-order valence-electron chi connectivity index (χ1n) is 7.67. The molecule has 1 saturated carbocycles. The van der Waals surface area contributed by atoms with Crippen molar-refractivity contribution in [2.24, 2.45) is 11.7 Å². The Kier molecular flexibility index (Phi) is 4.38. The smallest absolute Gasteiger partial charge is 0.411 e. The lowest BCUT2D eigenvalue weighted by atomic mass is 9.90. The van der Waals surface area contributed by atoms with E-state index < -0.39 is 36.0 Å². The average Bonchev–Trinajstić information content (AvgIpc) is 3.05.